The van der Waals surface area contributed by atoms with Crippen molar-refractivity contribution in [1.82, 2.24) is 24.5 Å². The van der Waals surface area contributed by atoms with Crippen LogP contribution in [0.25, 0.3) is 5.82 Å². The molecule has 0 saturated heterocycles. The van der Waals surface area contributed by atoms with Gasteiger partial charge in [0.25, 0.3) is 5.91 Å². The van der Waals surface area contributed by atoms with Crippen molar-refractivity contribution in [3.8, 4) is 5.82 Å². The summed E-state index contributed by atoms with van der Waals surface area (Å²) in [7, 11) is -3.70. The van der Waals surface area contributed by atoms with Crippen LogP contribution in [-0.4, -0.2) is 40.1 Å². The van der Waals surface area contributed by atoms with E-state index in [1.165, 1.54) is 41.6 Å². The molecule has 2 N–H and O–H groups in total. The van der Waals surface area contributed by atoms with Gasteiger partial charge in [-0.15, -0.1) is 0 Å². The van der Waals surface area contributed by atoms with Gasteiger partial charge in [-0.05, 0) is 44.2 Å². The summed E-state index contributed by atoms with van der Waals surface area (Å²) in [5, 5.41) is 6.73. The van der Waals surface area contributed by atoms with E-state index in [0.29, 0.717) is 11.5 Å². The molecule has 0 aliphatic rings. The molecule has 0 spiro atoms. The molecule has 0 atom stereocenters. The fourth-order valence-electron chi connectivity index (χ4n) is 2.37. The van der Waals surface area contributed by atoms with Gasteiger partial charge in [-0.1, -0.05) is 6.07 Å². The fourth-order valence-corrected chi connectivity index (χ4v) is 3.67. The molecule has 27 heavy (non-hydrogen) atoms. The van der Waals surface area contributed by atoms with Crippen molar-refractivity contribution in [3.05, 3.63) is 60.8 Å². The number of benzene rings is 1. The first kappa shape index (κ1) is 18.7. The van der Waals surface area contributed by atoms with Gasteiger partial charge in [-0.25, -0.2) is 27.8 Å². The molecule has 2 heterocycles. The molecular formula is C17H18N6O3S. The Bertz CT molecular complexity index is 1050. The van der Waals surface area contributed by atoms with Gasteiger partial charge >= 0.3 is 0 Å². The van der Waals surface area contributed by atoms with E-state index in [2.05, 4.69) is 25.1 Å². The Balaban J connectivity index is 1.88. The second-order valence-electron chi connectivity index (χ2n) is 5.97. The van der Waals surface area contributed by atoms with Gasteiger partial charge in [-0.2, -0.15) is 5.10 Å². The largest absolute Gasteiger partial charge is 0.319 e. The molecule has 3 rings (SSSR count). The highest BCUT2D eigenvalue weighted by Crippen LogP contribution is 2.18. The number of hydrogen-bond donors (Lipinski definition) is 2. The highest BCUT2D eigenvalue weighted by molar-refractivity contribution is 7.89. The van der Waals surface area contributed by atoms with Crippen molar-refractivity contribution in [2.45, 2.75) is 24.8 Å². The average Bonchev–Trinajstić information content (AvgIpc) is 3.16. The number of aromatic nitrogens is 4. The third-order valence-corrected chi connectivity index (χ3v) is 5.12. The van der Waals surface area contributed by atoms with E-state index in [-0.39, 0.29) is 16.5 Å². The molecule has 3 aromatic rings. The SMILES string of the molecule is CC(C)NS(=O)(=O)c1cccc(C(=O)Nc2cccnc2-n2cncn2)c1. The molecule has 1 aromatic carbocycles. The number of anilines is 1. The van der Waals surface area contributed by atoms with Gasteiger partial charge < -0.3 is 5.32 Å². The number of amides is 1. The van der Waals surface area contributed by atoms with E-state index in [9.17, 15) is 13.2 Å². The summed E-state index contributed by atoms with van der Waals surface area (Å²) in [5.74, 6) is -0.0698. The van der Waals surface area contributed by atoms with Crippen molar-refractivity contribution in [2.75, 3.05) is 5.32 Å². The van der Waals surface area contributed by atoms with E-state index in [1.807, 2.05) is 0 Å². The van der Waals surface area contributed by atoms with Crippen LogP contribution in [0, 0.1) is 0 Å². The number of carbonyl (C=O) groups is 1. The monoisotopic (exact) mass is 386 g/mol. The molecule has 1 amide bonds. The molecule has 140 valence electrons. The van der Waals surface area contributed by atoms with E-state index >= 15 is 0 Å². The first-order valence-corrected chi connectivity index (χ1v) is 9.59. The Morgan fingerprint density at radius 3 is 2.70 bits per heavy atom. The van der Waals surface area contributed by atoms with Crippen LogP contribution < -0.4 is 10.0 Å². The van der Waals surface area contributed by atoms with Crippen LogP contribution in [0.2, 0.25) is 0 Å². The third-order valence-electron chi connectivity index (χ3n) is 3.47. The Kier molecular flexibility index (Phi) is 5.28. The van der Waals surface area contributed by atoms with Gasteiger partial charge in [-0.3, -0.25) is 4.79 Å². The van der Waals surface area contributed by atoms with Gasteiger partial charge in [0.1, 0.15) is 12.7 Å². The molecule has 2 aromatic heterocycles. The van der Waals surface area contributed by atoms with Crippen LogP contribution in [0.3, 0.4) is 0 Å². The van der Waals surface area contributed by atoms with Gasteiger partial charge in [0.15, 0.2) is 5.82 Å². The van der Waals surface area contributed by atoms with Crippen LogP contribution in [-0.2, 0) is 10.0 Å². The summed E-state index contributed by atoms with van der Waals surface area (Å²) in [4.78, 5) is 20.7. The molecule has 0 radical (unpaired) electrons. The van der Waals surface area contributed by atoms with Gasteiger partial charge in [0, 0.05) is 17.8 Å². The summed E-state index contributed by atoms with van der Waals surface area (Å²) >= 11 is 0. The van der Waals surface area contributed by atoms with E-state index < -0.39 is 15.9 Å². The molecule has 0 aliphatic heterocycles. The van der Waals surface area contributed by atoms with Crippen LogP contribution in [0.4, 0.5) is 5.69 Å². The number of nitrogens with one attached hydrogen (secondary N) is 2. The maximum absolute atomic E-state index is 12.6. The first-order valence-electron chi connectivity index (χ1n) is 8.10. The predicted octanol–water partition coefficient (Wildman–Crippen LogP) is 1.60. The number of nitrogens with zero attached hydrogens (tertiary/aromatic N) is 4. The summed E-state index contributed by atoms with van der Waals surface area (Å²) in [6, 6.07) is 8.90. The topological polar surface area (TPSA) is 119 Å². The standard InChI is InChI=1S/C17H18N6O3S/c1-12(2)22-27(25,26)14-6-3-5-13(9-14)17(24)21-15-7-4-8-19-16(15)23-11-18-10-20-23/h3-12,22H,1-2H3,(H,21,24). The van der Waals surface area contributed by atoms with Crippen LogP contribution in [0.1, 0.15) is 24.2 Å². The summed E-state index contributed by atoms with van der Waals surface area (Å²) in [6.45, 7) is 3.45. The number of carbonyl (C=O) groups excluding carboxylic acids is 1. The Morgan fingerprint density at radius 2 is 2.00 bits per heavy atom. The minimum atomic E-state index is -3.70. The summed E-state index contributed by atoms with van der Waals surface area (Å²) in [6.07, 6.45) is 4.39. The van der Waals surface area contributed by atoms with Crippen LogP contribution in [0.15, 0.2) is 60.1 Å². The lowest BCUT2D eigenvalue weighted by molar-refractivity contribution is 0.102. The average molecular weight is 386 g/mol. The molecule has 0 bridgehead atoms. The zero-order valence-corrected chi connectivity index (χ0v) is 15.5. The fraction of sp³-hybridized carbons (Fsp3) is 0.176. The normalized spacial score (nSPS) is 11.5. The number of hydrogen-bond acceptors (Lipinski definition) is 6. The molecule has 0 saturated carbocycles. The lowest BCUT2D eigenvalue weighted by Gasteiger charge is -2.12. The number of rotatable bonds is 6. The molecule has 9 nitrogen and oxygen atoms in total. The van der Waals surface area contributed by atoms with Crippen molar-refractivity contribution >= 4 is 21.6 Å². The number of sulfonamides is 1. The highest BCUT2D eigenvalue weighted by Gasteiger charge is 2.18. The maximum atomic E-state index is 12.6. The molecule has 0 fully saturated rings. The third kappa shape index (κ3) is 4.36. The lowest BCUT2D eigenvalue weighted by atomic mass is 10.2. The molecule has 0 aliphatic carbocycles. The molecule has 10 heteroatoms. The van der Waals surface area contributed by atoms with Crippen LogP contribution in [0.5, 0.6) is 0 Å². The van der Waals surface area contributed by atoms with E-state index in [1.54, 1.807) is 32.2 Å². The zero-order valence-electron chi connectivity index (χ0n) is 14.7. The maximum Gasteiger partial charge on any atom is 0.255 e. The molecule has 0 unspecified atom stereocenters. The highest BCUT2D eigenvalue weighted by atomic mass is 32.2. The van der Waals surface area contributed by atoms with Crippen LogP contribution >= 0.6 is 0 Å². The minimum Gasteiger partial charge on any atom is -0.319 e. The predicted molar refractivity (Wildman–Crippen MR) is 99.0 cm³/mol. The van der Waals surface area contributed by atoms with E-state index in [0.717, 1.165) is 0 Å². The van der Waals surface area contributed by atoms with Gasteiger partial charge in [0.05, 0.1) is 10.6 Å². The van der Waals surface area contributed by atoms with Crippen molar-refractivity contribution in [1.29, 1.82) is 0 Å². The summed E-state index contributed by atoms with van der Waals surface area (Å²) < 4.78 is 28.5. The van der Waals surface area contributed by atoms with E-state index in [4.69, 9.17) is 0 Å². The Hall–Kier alpha value is -3.11. The Labute approximate surface area is 156 Å². The lowest BCUT2D eigenvalue weighted by Crippen LogP contribution is -2.30. The van der Waals surface area contributed by atoms with Crippen molar-refractivity contribution in [2.24, 2.45) is 0 Å². The second kappa shape index (κ2) is 7.64. The minimum absolute atomic E-state index is 0.0199. The van der Waals surface area contributed by atoms with Crippen molar-refractivity contribution < 1.29 is 13.2 Å². The molecular weight excluding hydrogens is 368 g/mol. The number of pyridine rings is 1. The quantitative estimate of drug-likeness (QED) is 0.664. The first-order chi connectivity index (χ1) is 12.9. The summed E-state index contributed by atoms with van der Waals surface area (Å²) in [5.41, 5.74) is 0.622. The Morgan fingerprint density at radius 1 is 1.19 bits per heavy atom. The smallest absolute Gasteiger partial charge is 0.255 e. The zero-order chi connectivity index (χ0) is 19.4. The second-order valence-corrected chi connectivity index (χ2v) is 7.69. The van der Waals surface area contributed by atoms with Gasteiger partial charge in [0.2, 0.25) is 10.0 Å². The van der Waals surface area contributed by atoms with Crippen molar-refractivity contribution in [3.63, 3.8) is 0 Å².